The molecule has 0 bridgehead atoms. The number of fused-ring (bicyclic) bond motifs is 9. The third kappa shape index (κ3) is 5.88. The van der Waals surface area contributed by atoms with Crippen LogP contribution in [0.15, 0.2) is 164 Å². The Morgan fingerprint density at radius 1 is 0.381 bits per heavy atom. The van der Waals surface area contributed by atoms with Crippen LogP contribution >= 0.6 is 0 Å². The van der Waals surface area contributed by atoms with Crippen LogP contribution in [0.4, 0.5) is 8.78 Å². The first-order valence-electron chi connectivity index (χ1n) is 20.4. The van der Waals surface area contributed by atoms with E-state index >= 15 is 0 Å². The molecule has 12 aromatic rings. The van der Waals surface area contributed by atoms with Crippen LogP contribution in [-0.4, -0.2) is 33.6 Å². The van der Waals surface area contributed by atoms with E-state index in [0.29, 0.717) is 40.6 Å². The fourth-order valence-electron chi connectivity index (χ4n) is 8.93. The van der Waals surface area contributed by atoms with E-state index in [-0.39, 0.29) is 11.6 Å². The van der Waals surface area contributed by atoms with Crippen molar-refractivity contribution >= 4 is 65.4 Å². The van der Waals surface area contributed by atoms with Gasteiger partial charge in [0.2, 0.25) is 5.95 Å². The minimum absolute atomic E-state index is 0.366. The lowest BCUT2D eigenvalue weighted by atomic mass is 10.1. The maximum Gasteiger partial charge on any atom is 0.234 e. The number of hydrogen-bond donors (Lipinski definition) is 0. The zero-order valence-electron chi connectivity index (χ0n) is 33.8. The lowest BCUT2D eigenvalue weighted by molar-refractivity contribution is 0.480. The van der Waals surface area contributed by atoms with Crippen LogP contribution in [0.3, 0.4) is 0 Å². The minimum atomic E-state index is -0.366. The number of pyridine rings is 2. The number of ether oxygens (including phenoxy) is 2. The normalized spacial score (nSPS) is 11.8. The molecule has 0 radical (unpaired) electrons. The Morgan fingerprint density at radius 2 is 0.825 bits per heavy atom. The number of halogens is 2. The van der Waals surface area contributed by atoms with Crippen LogP contribution in [0, 0.1) is 25.5 Å². The molecule has 0 N–H and O–H groups in total. The van der Waals surface area contributed by atoms with Crippen LogP contribution in [0.1, 0.15) is 11.1 Å². The third-order valence-electron chi connectivity index (χ3n) is 11.7. The summed E-state index contributed by atoms with van der Waals surface area (Å²) in [4.78, 5) is 18.4. The molecule has 6 aromatic heterocycles. The van der Waals surface area contributed by atoms with Gasteiger partial charge < -0.3 is 9.47 Å². The number of benzene rings is 6. The number of aryl methyl sites for hydroxylation is 2. The van der Waals surface area contributed by atoms with E-state index < -0.39 is 0 Å². The van der Waals surface area contributed by atoms with Gasteiger partial charge in [-0.2, -0.15) is 0 Å². The summed E-state index contributed by atoms with van der Waals surface area (Å²) in [7, 11) is 0. The SMILES string of the molecule is Cc1cc2c3cc(C)c(Oc4ccc5c6ccccc6n(-c6cc(F)ccn6)c5c4)cc3n(-c3ncccn3)c2cc1Oc1ccc2c3ccccc3n(-c3cc(F)ccn3)c2c1. The van der Waals surface area contributed by atoms with Crippen LogP contribution in [0.5, 0.6) is 23.0 Å². The average Bonchev–Trinajstić information content (AvgIpc) is 3.91. The van der Waals surface area contributed by atoms with Gasteiger partial charge >= 0.3 is 0 Å². The molecule has 0 spiro atoms. The molecular formula is C52H33F2N7O2. The highest BCUT2D eigenvalue weighted by Gasteiger charge is 2.21. The lowest BCUT2D eigenvalue weighted by Gasteiger charge is -2.12. The summed E-state index contributed by atoms with van der Waals surface area (Å²) >= 11 is 0. The summed E-state index contributed by atoms with van der Waals surface area (Å²) in [5.41, 5.74) is 7.06. The molecule has 0 aliphatic rings. The van der Waals surface area contributed by atoms with Crippen LogP contribution < -0.4 is 9.47 Å². The maximum atomic E-state index is 14.5. The highest BCUT2D eigenvalue weighted by atomic mass is 19.1. The van der Waals surface area contributed by atoms with Crippen molar-refractivity contribution in [2.45, 2.75) is 13.8 Å². The van der Waals surface area contributed by atoms with Gasteiger partial charge in [-0.15, -0.1) is 0 Å². The van der Waals surface area contributed by atoms with Gasteiger partial charge in [-0.3, -0.25) is 13.7 Å². The first-order chi connectivity index (χ1) is 30.9. The Kier molecular flexibility index (Phi) is 8.13. The summed E-state index contributed by atoms with van der Waals surface area (Å²) < 4.78 is 48.5. The Labute approximate surface area is 357 Å². The Morgan fingerprint density at radius 3 is 1.30 bits per heavy atom. The fourth-order valence-corrected chi connectivity index (χ4v) is 8.93. The number of aromatic nitrogens is 7. The first kappa shape index (κ1) is 36.4. The standard InChI is InChI=1S/C52H33F2N7O2/c1-30-22-40-41-23-31(2)49(63-35-13-15-39-37-9-4-6-11-43(37)60(45(39)27-35)51-25-33(54)17-21-56-51)29-47(41)61(52-57-18-7-19-58-52)46(40)28-48(30)62-34-12-14-38-36-8-3-5-10-42(36)59(44(38)26-34)50-24-32(53)16-20-55-50/h3-29H,1-2H3. The van der Waals surface area contributed by atoms with Crippen molar-refractivity contribution in [3.8, 4) is 40.6 Å². The number of hydrogen-bond acceptors (Lipinski definition) is 6. The third-order valence-corrected chi connectivity index (χ3v) is 11.7. The lowest BCUT2D eigenvalue weighted by Crippen LogP contribution is -2.00. The van der Waals surface area contributed by atoms with Crippen molar-refractivity contribution in [2.75, 3.05) is 0 Å². The zero-order chi connectivity index (χ0) is 42.3. The molecule has 0 saturated heterocycles. The van der Waals surface area contributed by atoms with Crippen molar-refractivity contribution in [2.24, 2.45) is 0 Å². The fraction of sp³-hybridized carbons (Fsp3) is 0.0385. The number of nitrogens with zero attached hydrogens (tertiary/aromatic N) is 7. The highest BCUT2D eigenvalue weighted by Crippen LogP contribution is 2.42. The Bertz CT molecular complexity index is 3590. The minimum Gasteiger partial charge on any atom is -0.457 e. The van der Waals surface area contributed by atoms with E-state index in [4.69, 9.17) is 19.4 Å². The molecule has 63 heavy (non-hydrogen) atoms. The Balaban J connectivity index is 0.982. The average molecular weight is 826 g/mol. The molecular weight excluding hydrogens is 793 g/mol. The van der Waals surface area contributed by atoms with Gasteiger partial charge in [-0.1, -0.05) is 36.4 Å². The van der Waals surface area contributed by atoms with Gasteiger partial charge in [-0.05, 0) is 91.7 Å². The summed E-state index contributed by atoms with van der Waals surface area (Å²) in [5.74, 6) is 3.24. The molecule has 6 aromatic carbocycles. The molecule has 12 rings (SSSR count). The molecule has 0 fully saturated rings. The monoisotopic (exact) mass is 825 g/mol. The molecule has 0 aliphatic carbocycles. The van der Waals surface area contributed by atoms with Crippen molar-refractivity contribution in [3.63, 3.8) is 0 Å². The van der Waals surface area contributed by atoms with Gasteiger partial charge in [0.1, 0.15) is 46.3 Å². The van der Waals surface area contributed by atoms with Crippen LogP contribution in [-0.2, 0) is 0 Å². The van der Waals surface area contributed by atoms with Crippen LogP contribution in [0.25, 0.3) is 83.0 Å². The van der Waals surface area contributed by atoms with Crippen molar-refractivity contribution in [3.05, 3.63) is 187 Å². The molecule has 0 amide bonds. The second-order valence-corrected chi connectivity index (χ2v) is 15.6. The second-order valence-electron chi connectivity index (χ2n) is 15.6. The molecule has 9 nitrogen and oxygen atoms in total. The van der Waals surface area contributed by atoms with E-state index in [2.05, 4.69) is 34.2 Å². The number of rotatable bonds is 7. The van der Waals surface area contributed by atoms with Crippen molar-refractivity contribution in [1.82, 2.24) is 33.6 Å². The molecule has 0 unspecified atom stereocenters. The molecule has 302 valence electrons. The topological polar surface area (TPSA) is 84.8 Å². The van der Waals surface area contributed by atoms with Crippen LogP contribution in [0.2, 0.25) is 0 Å². The first-order valence-corrected chi connectivity index (χ1v) is 20.4. The largest absolute Gasteiger partial charge is 0.457 e. The highest BCUT2D eigenvalue weighted by molar-refractivity contribution is 6.12. The van der Waals surface area contributed by atoms with E-state index in [9.17, 15) is 8.78 Å². The molecule has 6 heterocycles. The maximum absolute atomic E-state index is 14.5. The molecule has 0 atom stereocenters. The summed E-state index contributed by atoms with van der Waals surface area (Å²) in [6, 6.07) is 43.6. The smallest absolute Gasteiger partial charge is 0.234 e. The molecule has 0 aliphatic heterocycles. The predicted octanol–water partition coefficient (Wildman–Crippen LogP) is 13.0. The van der Waals surface area contributed by atoms with E-state index in [0.717, 1.165) is 76.5 Å². The summed E-state index contributed by atoms with van der Waals surface area (Å²) in [5, 5.41) is 6.04. The predicted molar refractivity (Wildman–Crippen MR) is 243 cm³/mol. The Hall–Kier alpha value is -8.44. The zero-order valence-corrected chi connectivity index (χ0v) is 33.8. The van der Waals surface area contributed by atoms with Gasteiger partial charge in [0.25, 0.3) is 0 Å². The summed E-state index contributed by atoms with van der Waals surface area (Å²) in [6.07, 6.45) is 6.40. The van der Waals surface area contributed by atoms with Gasteiger partial charge in [0.15, 0.2) is 0 Å². The van der Waals surface area contributed by atoms with E-state index in [1.54, 1.807) is 18.5 Å². The quantitative estimate of drug-likeness (QED) is 0.159. The van der Waals surface area contributed by atoms with E-state index in [1.165, 1.54) is 36.7 Å². The molecule has 0 saturated carbocycles. The van der Waals surface area contributed by atoms with Crippen molar-refractivity contribution < 1.29 is 18.3 Å². The number of para-hydroxylation sites is 2. The van der Waals surface area contributed by atoms with Gasteiger partial charge in [0, 0.05) is 93.5 Å². The second kappa shape index (κ2) is 14.1. The molecule has 11 heteroatoms. The van der Waals surface area contributed by atoms with Crippen molar-refractivity contribution in [1.29, 1.82) is 0 Å². The van der Waals surface area contributed by atoms with Gasteiger partial charge in [-0.25, -0.2) is 28.7 Å². The summed E-state index contributed by atoms with van der Waals surface area (Å²) in [6.45, 7) is 4.06. The van der Waals surface area contributed by atoms with Gasteiger partial charge in [0.05, 0.1) is 33.1 Å². The van der Waals surface area contributed by atoms with E-state index in [1.807, 2.05) is 112 Å².